The summed E-state index contributed by atoms with van der Waals surface area (Å²) in [6.07, 6.45) is 1.20. The molecule has 0 saturated carbocycles. The number of ether oxygens (including phenoxy) is 2. The molecule has 0 aromatic carbocycles. The molecule has 1 amide bonds. The van der Waals surface area contributed by atoms with E-state index in [-0.39, 0.29) is 12.1 Å². The van der Waals surface area contributed by atoms with Crippen molar-refractivity contribution in [3.8, 4) is 0 Å². The molecule has 1 unspecified atom stereocenters. The molecule has 4 N–H and O–H groups in total. The first kappa shape index (κ1) is 20.8. The van der Waals surface area contributed by atoms with Gasteiger partial charge in [0.25, 0.3) is 0 Å². The number of rotatable bonds is 3. The van der Waals surface area contributed by atoms with Gasteiger partial charge in [0.15, 0.2) is 0 Å². The van der Waals surface area contributed by atoms with Crippen LogP contribution in [0.1, 0.15) is 34.6 Å². The van der Waals surface area contributed by atoms with Crippen molar-refractivity contribution in [3.63, 3.8) is 0 Å². The standard InChI is InChI=1S/C16H24N6O3.C2H6/c1-16(2,3)25-15(23)19-8-10-9-22(6-7-24-10)13-11-4-5-18-12(11)20-14(17)21-13;1-2/h4-5,10H,6-9H2,1-3H3,(H,19,23)(H3,17,18,20,21);1-2H3. The van der Waals surface area contributed by atoms with Gasteiger partial charge in [0.05, 0.1) is 18.1 Å². The molecule has 2 aromatic rings. The van der Waals surface area contributed by atoms with Crippen molar-refractivity contribution < 1.29 is 14.3 Å². The van der Waals surface area contributed by atoms with Crippen LogP contribution in [0.15, 0.2) is 12.3 Å². The average Bonchev–Trinajstić information content (AvgIpc) is 3.08. The topological polar surface area (TPSA) is 118 Å². The minimum absolute atomic E-state index is 0.161. The molecule has 3 rings (SSSR count). The molecule has 27 heavy (non-hydrogen) atoms. The van der Waals surface area contributed by atoms with E-state index in [0.717, 1.165) is 11.2 Å². The van der Waals surface area contributed by atoms with E-state index in [4.69, 9.17) is 15.2 Å². The number of aromatic amines is 1. The summed E-state index contributed by atoms with van der Waals surface area (Å²) in [4.78, 5) is 25.5. The molecule has 9 nitrogen and oxygen atoms in total. The molecule has 1 aliphatic rings. The molecule has 0 radical (unpaired) electrons. The zero-order valence-corrected chi connectivity index (χ0v) is 16.7. The van der Waals surface area contributed by atoms with Gasteiger partial charge in [-0.3, -0.25) is 0 Å². The molecule has 150 valence electrons. The summed E-state index contributed by atoms with van der Waals surface area (Å²) in [5.74, 6) is 0.995. The molecule has 9 heteroatoms. The van der Waals surface area contributed by atoms with Crippen LogP contribution in [0.3, 0.4) is 0 Å². The minimum Gasteiger partial charge on any atom is -0.444 e. The van der Waals surface area contributed by atoms with Crippen LogP contribution in [-0.4, -0.2) is 59.0 Å². The number of nitrogens with two attached hydrogens (primary N) is 1. The lowest BCUT2D eigenvalue weighted by atomic mass is 10.2. The number of fused-ring (bicyclic) bond motifs is 1. The number of morpholine rings is 1. The van der Waals surface area contributed by atoms with Gasteiger partial charge in [-0.25, -0.2) is 4.79 Å². The van der Waals surface area contributed by atoms with Crippen LogP contribution in [0.5, 0.6) is 0 Å². The number of amides is 1. The van der Waals surface area contributed by atoms with E-state index in [1.807, 2.05) is 46.9 Å². The molecule has 0 bridgehead atoms. The second-order valence-electron chi connectivity index (χ2n) is 6.97. The normalized spacial score (nSPS) is 17.2. The van der Waals surface area contributed by atoms with Crippen LogP contribution in [0.25, 0.3) is 11.0 Å². The van der Waals surface area contributed by atoms with E-state index >= 15 is 0 Å². The highest BCUT2D eigenvalue weighted by atomic mass is 16.6. The van der Waals surface area contributed by atoms with Gasteiger partial charge in [-0.2, -0.15) is 9.97 Å². The number of hydrogen-bond acceptors (Lipinski definition) is 7. The summed E-state index contributed by atoms with van der Waals surface area (Å²) >= 11 is 0. The zero-order chi connectivity index (χ0) is 20.0. The summed E-state index contributed by atoms with van der Waals surface area (Å²) in [7, 11) is 0. The van der Waals surface area contributed by atoms with Crippen LogP contribution in [-0.2, 0) is 9.47 Å². The number of carbonyl (C=O) groups is 1. The number of aromatic nitrogens is 3. The van der Waals surface area contributed by atoms with Crippen LogP contribution in [0.4, 0.5) is 16.6 Å². The molecule has 2 aromatic heterocycles. The fraction of sp³-hybridized carbons (Fsp3) is 0.611. The summed E-state index contributed by atoms with van der Waals surface area (Å²) in [6.45, 7) is 11.7. The Labute approximate surface area is 159 Å². The van der Waals surface area contributed by atoms with Gasteiger partial charge in [-0.05, 0) is 26.8 Å². The fourth-order valence-corrected chi connectivity index (χ4v) is 2.73. The second-order valence-corrected chi connectivity index (χ2v) is 6.97. The van der Waals surface area contributed by atoms with Crippen molar-refractivity contribution in [3.05, 3.63) is 12.3 Å². The largest absolute Gasteiger partial charge is 0.444 e. The van der Waals surface area contributed by atoms with Gasteiger partial charge in [0.2, 0.25) is 5.95 Å². The third kappa shape index (κ3) is 5.72. The summed E-state index contributed by atoms with van der Waals surface area (Å²) in [5.41, 5.74) is 5.99. The highest BCUT2D eigenvalue weighted by molar-refractivity contribution is 5.88. The Morgan fingerprint density at radius 2 is 2.19 bits per heavy atom. The van der Waals surface area contributed by atoms with Crippen molar-refractivity contribution in [2.75, 3.05) is 36.9 Å². The van der Waals surface area contributed by atoms with Gasteiger partial charge in [-0.1, -0.05) is 13.8 Å². The zero-order valence-electron chi connectivity index (χ0n) is 16.7. The van der Waals surface area contributed by atoms with Crippen molar-refractivity contribution in [2.45, 2.75) is 46.3 Å². The van der Waals surface area contributed by atoms with Crippen LogP contribution < -0.4 is 16.0 Å². The van der Waals surface area contributed by atoms with Crippen LogP contribution >= 0.6 is 0 Å². The number of nitrogens with one attached hydrogen (secondary N) is 2. The van der Waals surface area contributed by atoms with E-state index in [1.54, 1.807) is 0 Å². The van der Waals surface area contributed by atoms with E-state index in [1.165, 1.54) is 0 Å². The first-order valence-corrected chi connectivity index (χ1v) is 9.26. The Bertz CT molecular complexity index is 755. The smallest absolute Gasteiger partial charge is 0.407 e. The minimum atomic E-state index is -0.526. The number of nitrogens with zero attached hydrogens (tertiary/aromatic N) is 3. The van der Waals surface area contributed by atoms with Crippen LogP contribution in [0, 0.1) is 0 Å². The first-order valence-electron chi connectivity index (χ1n) is 9.26. The highest BCUT2D eigenvalue weighted by Gasteiger charge is 2.25. The van der Waals surface area contributed by atoms with Gasteiger partial charge >= 0.3 is 6.09 Å². The molecular weight excluding hydrogens is 348 g/mol. The molecule has 0 aliphatic carbocycles. The van der Waals surface area contributed by atoms with E-state index in [2.05, 4.69) is 25.2 Å². The third-order valence-electron chi connectivity index (χ3n) is 3.72. The maximum Gasteiger partial charge on any atom is 0.407 e. The Hall–Kier alpha value is -2.55. The Morgan fingerprint density at radius 3 is 2.89 bits per heavy atom. The number of alkyl carbamates (subject to hydrolysis) is 1. The fourth-order valence-electron chi connectivity index (χ4n) is 2.73. The molecule has 1 aliphatic heterocycles. The Kier molecular flexibility index (Phi) is 6.84. The van der Waals surface area contributed by atoms with Crippen molar-refractivity contribution >= 4 is 28.9 Å². The first-order chi connectivity index (χ1) is 12.8. The lowest BCUT2D eigenvalue weighted by molar-refractivity contribution is 0.0282. The van der Waals surface area contributed by atoms with Gasteiger partial charge < -0.3 is 30.4 Å². The number of anilines is 2. The Morgan fingerprint density at radius 1 is 1.44 bits per heavy atom. The molecular formula is C18H30N6O3. The molecule has 1 fully saturated rings. The highest BCUT2D eigenvalue weighted by Crippen LogP contribution is 2.25. The molecule has 3 heterocycles. The van der Waals surface area contributed by atoms with Crippen molar-refractivity contribution in [1.29, 1.82) is 0 Å². The van der Waals surface area contributed by atoms with Crippen molar-refractivity contribution in [2.24, 2.45) is 0 Å². The SMILES string of the molecule is CC.CC(C)(C)OC(=O)NCC1CN(c2nc(N)nc3[nH]ccc23)CCO1. The molecule has 1 saturated heterocycles. The quantitative estimate of drug-likeness (QED) is 0.750. The monoisotopic (exact) mass is 378 g/mol. The van der Waals surface area contributed by atoms with E-state index < -0.39 is 11.7 Å². The average molecular weight is 378 g/mol. The van der Waals surface area contributed by atoms with Gasteiger partial charge in [-0.15, -0.1) is 0 Å². The second kappa shape index (κ2) is 8.90. The third-order valence-corrected chi connectivity index (χ3v) is 3.72. The number of H-pyrrole nitrogens is 1. The number of hydrogen-bond donors (Lipinski definition) is 3. The maximum absolute atomic E-state index is 11.8. The lowest BCUT2D eigenvalue weighted by Crippen LogP contribution is -2.48. The lowest BCUT2D eigenvalue weighted by Gasteiger charge is -2.34. The number of nitrogen functional groups attached to an aromatic ring is 1. The predicted molar refractivity (Wildman–Crippen MR) is 106 cm³/mol. The number of carbonyl (C=O) groups excluding carboxylic acids is 1. The van der Waals surface area contributed by atoms with E-state index in [0.29, 0.717) is 31.9 Å². The predicted octanol–water partition coefficient (Wildman–Crippen LogP) is 2.30. The van der Waals surface area contributed by atoms with Gasteiger partial charge in [0.1, 0.15) is 17.1 Å². The summed E-state index contributed by atoms with van der Waals surface area (Å²) in [6, 6.07) is 1.92. The molecule has 0 spiro atoms. The summed E-state index contributed by atoms with van der Waals surface area (Å²) < 4.78 is 11.0. The Balaban J connectivity index is 0.00000126. The van der Waals surface area contributed by atoms with Gasteiger partial charge in [0, 0.05) is 25.8 Å². The summed E-state index contributed by atoms with van der Waals surface area (Å²) in [5, 5.41) is 3.66. The molecule has 1 atom stereocenters. The van der Waals surface area contributed by atoms with Crippen molar-refractivity contribution in [1.82, 2.24) is 20.3 Å². The van der Waals surface area contributed by atoms with E-state index in [9.17, 15) is 4.79 Å². The van der Waals surface area contributed by atoms with Crippen LogP contribution in [0.2, 0.25) is 0 Å². The maximum atomic E-state index is 11.8.